The molecule has 9 heteroatoms. The number of fused-ring (bicyclic) bond motifs is 1. The minimum Gasteiger partial charge on any atom is -0.480 e. The van der Waals surface area contributed by atoms with Gasteiger partial charge in [0.1, 0.15) is 6.33 Å². The van der Waals surface area contributed by atoms with E-state index in [0.717, 1.165) is 17.0 Å². The van der Waals surface area contributed by atoms with Gasteiger partial charge in [-0.25, -0.2) is 14.3 Å². The Labute approximate surface area is 138 Å². The molecule has 2 aromatic heterocycles. The number of aryl methyl sites for hydroxylation is 2. The van der Waals surface area contributed by atoms with E-state index in [0.29, 0.717) is 25.4 Å². The number of carbonyl (C=O) groups is 2. The van der Waals surface area contributed by atoms with Crippen LogP contribution in [-0.2, 0) is 20.7 Å². The Morgan fingerprint density at radius 1 is 1.42 bits per heavy atom. The molecule has 9 nitrogen and oxygen atoms in total. The van der Waals surface area contributed by atoms with Crippen LogP contribution in [0.4, 0.5) is 0 Å². The van der Waals surface area contributed by atoms with Crippen LogP contribution >= 0.6 is 0 Å². The molecule has 1 N–H and O–H groups in total. The maximum Gasteiger partial charge on any atom is 0.328 e. The number of carboxylic acids is 1. The number of nitrogens with zero attached hydrogens (tertiary/aromatic N) is 5. The zero-order valence-corrected chi connectivity index (χ0v) is 13.6. The Morgan fingerprint density at radius 3 is 2.96 bits per heavy atom. The van der Waals surface area contributed by atoms with Gasteiger partial charge in [-0.2, -0.15) is 10.1 Å². The van der Waals surface area contributed by atoms with Gasteiger partial charge in [-0.05, 0) is 25.8 Å². The van der Waals surface area contributed by atoms with Crippen molar-refractivity contribution in [3.63, 3.8) is 0 Å². The second-order valence-corrected chi connectivity index (χ2v) is 5.75. The second kappa shape index (κ2) is 6.52. The third-order valence-electron chi connectivity index (χ3n) is 4.31. The summed E-state index contributed by atoms with van der Waals surface area (Å²) >= 11 is 0. The first-order valence-electron chi connectivity index (χ1n) is 7.75. The normalized spacial score (nSPS) is 18.1. The maximum absolute atomic E-state index is 12.5. The van der Waals surface area contributed by atoms with Crippen molar-refractivity contribution in [2.75, 3.05) is 19.8 Å². The topological polar surface area (TPSA) is 110 Å². The summed E-state index contributed by atoms with van der Waals surface area (Å²) in [5.41, 5.74) is 2.62. The average Bonchev–Trinajstić information content (AvgIpc) is 3.02. The summed E-state index contributed by atoms with van der Waals surface area (Å²) in [5, 5.41) is 13.3. The Hall–Kier alpha value is -2.55. The van der Waals surface area contributed by atoms with E-state index in [2.05, 4.69) is 15.1 Å². The van der Waals surface area contributed by atoms with Gasteiger partial charge in [-0.3, -0.25) is 4.79 Å². The van der Waals surface area contributed by atoms with Crippen molar-refractivity contribution < 1.29 is 19.4 Å². The largest absolute Gasteiger partial charge is 0.480 e. The predicted molar refractivity (Wildman–Crippen MR) is 82.5 cm³/mol. The summed E-state index contributed by atoms with van der Waals surface area (Å²) < 4.78 is 6.80. The van der Waals surface area contributed by atoms with E-state index < -0.39 is 12.0 Å². The fourth-order valence-electron chi connectivity index (χ4n) is 3.00. The number of carbonyl (C=O) groups excluding carboxylic acids is 1. The SMILES string of the molecule is Cc1nc2ncnn2c(C)c1CCC(=O)N1CCOCC1C(=O)O. The molecule has 3 heterocycles. The van der Waals surface area contributed by atoms with Gasteiger partial charge < -0.3 is 14.7 Å². The molecule has 24 heavy (non-hydrogen) atoms. The van der Waals surface area contributed by atoms with Crippen LogP contribution in [0.15, 0.2) is 6.33 Å². The lowest BCUT2D eigenvalue weighted by atomic mass is 10.1. The lowest BCUT2D eigenvalue weighted by molar-refractivity contribution is -0.158. The van der Waals surface area contributed by atoms with E-state index in [9.17, 15) is 14.7 Å². The van der Waals surface area contributed by atoms with Crippen molar-refractivity contribution in [3.05, 3.63) is 23.3 Å². The van der Waals surface area contributed by atoms with Crippen LogP contribution < -0.4 is 0 Å². The van der Waals surface area contributed by atoms with E-state index in [-0.39, 0.29) is 18.9 Å². The molecule has 0 radical (unpaired) electrons. The lowest BCUT2D eigenvalue weighted by Gasteiger charge is -2.33. The van der Waals surface area contributed by atoms with Crippen LogP contribution in [0.5, 0.6) is 0 Å². The first-order valence-corrected chi connectivity index (χ1v) is 7.75. The average molecular weight is 333 g/mol. The number of aromatic nitrogens is 4. The van der Waals surface area contributed by atoms with Gasteiger partial charge in [0.25, 0.3) is 5.78 Å². The second-order valence-electron chi connectivity index (χ2n) is 5.75. The van der Waals surface area contributed by atoms with Crippen molar-refractivity contribution in [2.45, 2.75) is 32.7 Å². The molecule has 1 aliphatic rings. The summed E-state index contributed by atoms with van der Waals surface area (Å²) in [5.74, 6) is -0.705. The molecule has 0 aromatic carbocycles. The number of amides is 1. The van der Waals surface area contributed by atoms with Crippen LogP contribution in [0, 0.1) is 13.8 Å². The zero-order chi connectivity index (χ0) is 17.3. The van der Waals surface area contributed by atoms with E-state index in [1.165, 1.54) is 11.2 Å². The van der Waals surface area contributed by atoms with Gasteiger partial charge in [-0.15, -0.1) is 0 Å². The van der Waals surface area contributed by atoms with Crippen molar-refractivity contribution in [2.24, 2.45) is 0 Å². The molecule has 0 aliphatic carbocycles. The highest BCUT2D eigenvalue weighted by atomic mass is 16.5. The third-order valence-corrected chi connectivity index (χ3v) is 4.31. The minimum absolute atomic E-state index is 0.0333. The highest BCUT2D eigenvalue weighted by molar-refractivity contribution is 5.84. The van der Waals surface area contributed by atoms with Crippen molar-refractivity contribution in [3.8, 4) is 0 Å². The number of hydrogen-bond donors (Lipinski definition) is 1. The molecular weight excluding hydrogens is 314 g/mol. The monoisotopic (exact) mass is 333 g/mol. The molecule has 1 amide bonds. The molecule has 3 rings (SSSR count). The Bertz CT molecular complexity index is 788. The van der Waals surface area contributed by atoms with Crippen molar-refractivity contribution in [1.82, 2.24) is 24.5 Å². The molecule has 1 atom stereocenters. The predicted octanol–water partition coefficient (Wildman–Crippen LogP) is -0.0143. The number of aliphatic carboxylic acids is 1. The molecule has 2 aromatic rings. The van der Waals surface area contributed by atoms with Gasteiger partial charge in [-0.1, -0.05) is 0 Å². The fourth-order valence-corrected chi connectivity index (χ4v) is 3.00. The number of ether oxygens (including phenoxy) is 1. The van der Waals surface area contributed by atoms with Gasteiger partial charge in [0.15, 0.2) is 6.04 Å². The molecule has 1 aliphatic heterocycles. The summed E-state index contributed by atoms with van der Waals surface area (Å²) in [7, 11) is 0. The van der Waals surface area contributed by atoms with E-state index >= 15 is 0 Å². The van der Waals surface area contributed by atoms with Crippen LogP contribution in [0.25, 0.3) is 5.78 Å². The minimum atomic E-state index is -1.04. The number of carboxylic acid groups (broad SMARTS) is 1. The van der Waals surface area contributed by atoms with Crippen LogP contribution in [-0.4, -0.2) is 67.3 Å². The van der Waals surface area contributed by atoms with Gasteiger partial charge >= 0.3 is 5.97 Å². The van der Waals surface area contributed by atoms with Crippen LogP contribution in [0.2, 0.25) is 0 Å². The molecule has 1 unspecified atom stereocenters. The Balaban J connectivity index is 1.75. The van der Waals surface area contributed by atoms with Crippen LogP contribution in [0.3, 0.4) is 0 Å². The smallest absolute Gasteiger partial charge is 0.328 e. The van der Waals surface area contributed by atoms with E-state index in [1.54, 1.807) is 4.52 Å². The fraction of sp³-hybridized carbons (Fsp3) is 0.533. The standard InChI is InChI=1S/C15H19N5O4/c1-9-11(10(2)20-15(18-9)16-8-17-20)3-4-13(21)19-5-6-24-7-12(19)14(22)23/h8,12H,3-7H2,1-2H3,(H,22,23). The highest BCUT2D eigenvalue weighted by Crippen LogP contribution is 2.17. The molecular formula is C15H19N5O4. The summed E-state index contributed by atoms with van der Waals surface area (Å²) in [4.78, 5) is 33.6. The Kier molecular flexibility index (Phi) is 4.43. The molecule has 0 spiro atoms. The van der Waals surface area contributed by atoms with Gasteiger partial charge in [0.2, 0.25) is 5.91 Å². The summed E-state index contributed by atoms with van der Waals surface area (Å²) in [6.07, 6.45) is 2.13. The van der Waals surface area contributed by atoms with E-state index in [1.807, 2.05) is 13.8 Å². The molecule has 0 saturated carbocycles. The van der Waals surface area contributed by atoms with Gasteiger partial charge in [0, 0.05) is 24.4 Å². The number of morpholine rings is 1. The third kappa shape index (κ3) is 2.94. The van der Waals surface area contributed by atoms with Crippen molar-refractivity contribution >= 4 is 17.7 Å². The zero-order valence-electron chi connectivity index (χ0n) is 13.6. The van der Waals surface area contributed by atoms with Crippen molar-refractivity contribution in [1.29, 1.82) is 0 Å². The quantitative estimate of drug-likeness (QED) is 0.837. The van der Waals surface area contributed by atoms with E-state index in [4.69, 9.17) is 4.74 Å². The molecule has 128 valence electrons. The number of rotatable bonds is 4. The molecule has 1 fully saturated rings. The lowest BCUT2D eigenvalue weighted by Crippen LogP contribution is -2.52. The Morgan fingerprint density at radius 2 is 2.21 bits per heavy atom. The first kappa shape index (κ1) is 16.3. The van der Waals surface area contributed by atoms with Crippen LogP contribution in [0.1, 0.15) is 23.4 Å². The number of hydrogen-bond acceptors (Lipinski definition) is 6. The molecule has 0 bridgehead atoms. The first-order chi connectivity index (χ1) is 11.5. The summed E-state index contributed by atoms with van der Waals surface area (Å²) in [6, 6.07) is -0.913. The maximum atomic E-state index is 12.5. The van der Waals surface area contributed by atoms with Gasteiger partial charge in [0.05, 0.1) is 13.2 Å². The summed E-state index contributed by atoms with van der Waals surface area (Å²) in [6.45, 7) is 4.47. The highest BCUT2D eigenvalue weighted by Gasteiger charge is 2.32. The molecule has 1 saturated heterocycles.